The average molecular weight is 262 g/mol. The van der Waals surface area contributed by atoms with Gasteiger partial charge in [0.25, 0.3) is 0 Å². The Kier molecular flexibility index (Phi) is 3.28. The predicted octanol–water partition coefficient (Wildman–Crippen LogP) is 0.607. The number of fused-ring (bicyclic) bond motifs is 1. The fourth-order valence-electron chi connectivity index (χ4n) is 2.18. The Hall–Kier alpha value is -2.31. The lowest BCUT2D eigenvalue weighted by Gasteiger charge is -2.10. The molecular formula is C12H18N6O. The van der Waals surface area contributed by atoms with Gasteiger partial charge in [0.2, 0.25) is 0 Å². The number of hydrogen-bond acceptors (Lipinski definition) is 4. The Balaban J connectivity index is 2.48. The van der Waals surface area contributed by atoms with Gasteiger partial charge in [-0.25, -0.2) is 14.8 Å². The molecule has 7 heteroatoms. The van der Waals surface area contributed by atoms with Crippen LogP contribution in [0.25, 0.3) is 11.0 Å². The summed E-state index contributed by atoms with van der Waals surface area (Å²) in [5.74, 6) is 1.27. The number of anilines is 1. The lowest BCUT2D eigenvalue weighted by molar-refractivity contribution is 0.248. The molecule has 0 spiro atoms. The molecular weight excluding hydrogens is 244 g/mol. The zero-order chi connectivity index (χ0) is 14.2. The number of imidazole rings is 1. The predicted molar refractivity (Wildman–Crippen MR) is 73.7 cm³/mol. The smallest absolute Gasteiger partial charge is 0.312 e. The van der Waals surface area contributed by atoms with E-state index in [1.807, 2.05) is 25.3 Å². The van der Waals surface area contributed by atoms with E-state index in [-0.39, 0.29) is 0 Å². The number of amides is 2. The molecule has 2 rings (SSSR count). The molecule has 102 valence electrons. The summed E-state index contributed by atoms with van der Waals surface area (Å²) < 4.78 is 2.02. The molecule has 2 aromatic heterocycles. The Morgan fingerprint density at radius 2 is 2.00 bits per heavy atom. The number of primary amides is 1. The van der Waals surface area contributed by atoms with Crippen LogP contribution in [0.1, 0.15) is 17.1 Å². The summed E-state index contributed by atoms with van der Waals surface area (Å²) in [4.78, 5) is 19.4. The fourth-order valence-corrected chi connectivity index (χ4v) is 2.18. The first-order valence-electron chi connectivity index (χ1n) is 6.04. The van der Waals surface area contributed by atoms with Gasteiger partial charge < -0.3 is 21.4 Å². The number of rotatable bonds is 3. The van der Waals surface area contributed by atoms with Gasteiger partial charge in [-0.05, 0) is 26.3 Å². The van der Waals surface area contributed by atoms with Crippen LogP contribution in [0.2, 0.25) is 0 Å². The van der Waals surface area contributed by atoms with E-state index in [4.69, 9.17) is 11.5 Å². The minimum absolute atomic E-state index is 0.433. The Morgan fingerprint density at radius 1 is 1.32 bits per heavy atom. The minimum atomic E-state index is -0.531. The molecule has 0 aliphatic carbocycles. The van der Waals surface area contributed by atoms with E-state index in [2.05, 4.69) is 15.3 Å². The van der Waals surface area contributed by atoms with Crippen molar-refractivity contribution >= 4 is 22.9 Å². The van der Waals surface area contributed by atoms with E-state index in [0.29, 0.717) is 24.4 Å². The second kappa shape index (κ2) is 4.75. The lowest BCUT2D eigenvalue weighted by Crippen LogP contribution is -2.32. The van der Waals surface area contributed by atoms with Crippen LogP contribution in [-0.4, -0.2) is 27.1 Å². The van der Waals surface area contributed by atoms with Crippen molar-refractivity contribution in [1.29, 1.82) is 0 Å². The first-order valence-corrected chi connectivity index (χ1v) is 6.04. The Bertz CT molecular complexity index is 645. The number of nitrogen functional groups attached to an aromatic ring is 1. The monoisotopic (exact) mass is 262 g/mol. The van der Waals surface area contributed by atoms with E-state index in [0.717, 1.165) is 22.6 Å². The summed E-state index contributed by atoms with van der Waals surface area (Å²) in [6, 6.07) is -0.531. The summed E-state index contributed by atoms with van der Waals surface area (Å²) in [7, 11) is 0. The van der Waals surface area contributed by atoms with E-state index >= 15 is 0 Å². The van der Waals surface area contributed by atoms with Crippen LogP contribution in [0.15, 0.2) is 0 Å². The highest BCUT2D eigenvalue weighted by Crippen LogP contribution is 2.25. The van der Waals surface area contributed by atoms with Crippen molar-refractivity contribution < 1.29 is 4.79 Å². The van der Waals surface area contributed by atoms with Gasteiger partial charge >= 0.3 is 6.03 Å². The molecule has 0 radical (unpaired) electrons. The average Bonchev–Trinajstić information content (AvgIpc) is 2.64. The molecule has 0 unspecified atom stereocenters. The molecule has 19 heavy (non-hydrogen) atoms. The SMILES string of the molecule is Cc1nc(N)c2nc(C)n(CCNC(N)=O)c2c1C. The molecule has 0 saturated heterocycles. The van der Waals surface area contributed by atoms with Gasteiger partial charge in [0.1, 0.15) is 11.3 Å². The van der Waals surface area contributed by atoms with E-state index < -0.39 is 6.03 Å². The Morgan fingerprint density at radius 3 is 2.63 bits per heavy atom. The summed E-state index contributed by atoms with van der Waals surface area (Å²) in [5.41, 5.74) is 14.6. The van der Waals surface area contributed by atoms with Crippen molar-refractivity contribution in [2.45, 2.75) is 27.3 Å². The van der Waals surface area contributed by atoms with Crippen molar-refractivity contribution in [3.05, 3.63) is 17.1 Å². The molecule has 0 aliphatic rings. The maximum atomic E-state index is 10.7. The van der Waals surface area contributed by atoms with Crippen molar-refractivity contribution in [3.63, 3.8) is 0 Å². The molecule has 0 fully saturated rings. The van der Waals surface area contributed by atoms with Crippen LogP contribution in [0.3, 0.4) is 0 Å². The summed E-state index contributed by atoms with van der Waals surface area (Å²) in [6.45, 7) is 6.85. The number of nitrogens with two attached hydrogens (primary N) is 2. The number of pyridine rings is 1. The van der Waals surface area contributed by atoms with Crippen molar-refractivity contribution in [1.82, 2.24) is 19.9 Å². The molecule has 0 saturated carbocycles. The number of urea groups is 1. The maximum absolute atomic E-state index is 10.7. The number of carbonyl (C=O) groups excluding carboxylic acids is 1. The minimum Gasteiger partial charge on any atom is -0.382 e. The number of carbonyl (C=O) groups is 1. The molecule has 5 N–H and O–H groups in total. The first-order chi connectivity index (χ1) is 8.91. The summed E-state index contributed by atoms with van der Waals surface area (Å²) >= 11 is 0. The number of hydrogen-bond donors (Lipinski definition) is 3. The van der Waals surface area contributed by atoms with E-state index in [1.165, 1.54) is 0 Å². The molecule has 7 nitrogen and oxygen atoms in total. The van der Waals surface area contributed by atoms with Crippen molar-refractivity contribution in [2.24, 2.45) is 5.73 Å². The number of aryl methyl sites for hydroxylation is 3. The third kappa shape index (κ3) is 2.31. The third-order valence-electron chi connectivity index (χ3n) is 3.22. The molecule has 2 amide bonds. The molecule has 0 aromatic carbocycles. The Labute approximate surface area is 111 Å². The molecule has 0 atom stereocenters. The zero-order valence-electron chi connectivity index (χ0n) is 11.3. The van der Waals surface area contributed by atoms with E-state index in [9.17, 15) is 4.79 Å². The topological polar surface area (TPSA) is 112 Å². The van der Waals surface area contributed by atoms with Crippen molar-refractivity contribution in [2.75, 3.05) is 12.3 Å². The van der Waals surface area contributed by atoms with Gasteiger partial charge in [0, 0.05) is 18.8 Å². The zero-order valence-corrected chi connectivity index (χ0v) is 11.3. The van der Waals surface area contributed by atoms with E-state index in [1.54, 1.807) is 0 Å². The largest absolute Gasteiger partial charge is 0.382 e. The van der Waals surface area contributed by atoms with Crippen LogP contribution in [0, 0.1) is 20.8 Å². The number of nitrogens with one attached hydrogen (secondary N) is 1. The van der Waals surface area contributed by atoms with Gasteiger partial charge in [-0.3, -0.25) is 0 Å². The van der Waals surface area contributed by atoms with Gasteiger partial charge in [-0.1, -0.05) is 0 Å². The number of aromatic nitrogens is 3. The van der Waals surface area contributed by atoms with Crippen LogP contribution >= 0.6 is 0 Å². The lowest BCUT2D eigenvalue weighted by atomic mass is 10.2. The highest BCUT2D eigenvalue weighted by molar-refractivity contribution is 5.88. The summed E-state index contributed by atoms with van der Waals surface area (Å²) in [6.07, 6.45) is 0. The highest BCUT2D eigenvalue weighted by Gasteiger charge is 2.15. The van der Waals surface area contributed by atoms with Crippen LogP contribution in [-0.2, 0) is 6.54 Å². The van der Waals surface area contributed by atoms with Crippen LogP contribution in [0.5, 0.6) is 0 Å². The van der Waals surface area contributed by atoms with Crippen LogP contribution < -0.4 is 16.8 Å². The first kappa shape index (κ1) is 13.1. The standard InChI is InChI=1S/C12H18N6O/c1-6-7(2)16-11(13)9-10(6)18(8(3)17-9)5-4-15-12(14)19/h4-5H2,1-3H3,(H2,13,16)(H3,14,15,19). The maximum Gasteiger partial charge on any atom is 0.312 e. The van der Waals surface area contributed by atoms with Crippen molar-refractivity contribution in [3.8, 4) is 0 Å². The third-order valence-corrected chi connectivity index (χ3v) is 3.22. The van der Waals surface area contributed by atoms with Gasteiger partial charge in [0.05, 0.1) is 5.52 Å². The highest BCUT2D eigenvalue weighted by atomic mass is 16.2. The summed E-state index contributed by atoms with van der Waals surface area (Å²) in [5, 5.41) is 2.57. The quantitative estimate of drug-likeness (QED) is 0.752. The molecule has 0 aliphatic heterocycles. The van der Waals surface area contributed by atoms with Gasteiger partial charge in [-0.2, -0.15) is 0 Å². The fraction of sp³-hybridized carbons (Fsp3) is 0.417. The molecule has 2 aromatic rings. The van der Waals surface area contributed by atoms with Gasteiger partial charge in [0.15, 0.2) is 5.82 Å². The molecule has 2 heterocycles. The normalized spacial score (nSPS) is 10.9. The van der Waals surface area contributed by atoms with Gasteiger partial charge in [-0.15, -0.1) is 0 Å². The molecule has 0 bridgehead atoms. The second-order valence-corrected chi connectivity index (χ2v) is 4.51. The number of nitrogens with zero attached hydrogens (tertiary/aromatic N) is 3. The second-order valence-electron chi connectivity index (χ2n) is 4.51. The van der Waals surface area contributed by atoms with Crippen LogP contribution in [0.4, 0.5) is 10.6 Å².